The number of hydrogen-bond donors (Lipinski definition) is 2. The highest BCUT2D eigenvalue weighted by molar-refractivity contribution is 7.81. The minimum Gasteiger partial charge on any atom is -0.345 e. The summed E-state index contributed by atoms with van der Waals surface area (Å²) in [6.07, 6.45) is 0.708. The number of aryl methyl sites for hydroxylation is 1. The molecule has 7 heteroatoms. The van der Waals surface area contributed by atoms with Crippen LogP contribution in [0.15, 0.2) is 84.9 Å². The summed E-state index contributed by atoms with van der Waals surface area (Å²) in [6, 6.07) is 25.6. The molecule has 0 aliphatic carbocycles. The molecule has 2 N–H and O–H groups in total. The van der Waals surface area contributed by atoms with Crippen molar-refractivity contribution in [2.75, 3.05) is 4.31 Å². The number of benzene rings is 3. The molecule has 0 radical (unpaired) electrons. The third kappa shape index (κ3) is 4.79. The molecule has 0 saturated heterocycles. The molecular formula is C26H25N3O3S. The van der Waals surface area contributed by atoms with E-state index in [1.165, 1.54) is 4.31 Å². The maximum atomic E-state index is 13.4. The van der Waals surface area contributed by atoms with Gasteiger partial charge in [0.25, 0.3) is 17.2 Å². The smallest absolute Gasteiger partial charge is 0.266 e. The van der Waals surface area contributed by atoms with E-state index >= 15 is 0 Å². The van der Waals surface area contributed by atoms with Gasteiger partial charge in [0.2, 0.25) is 0 Å². The number of rotatable bonds is 7. The molecule has 168 valence electrons. The number of pyridine rings is 1. The number of carbonyl (C=O) groups is 1. The molecule has 0 bridgehead atoms. The molecule has 1 amide bonds. The number of nitrogens with one attached hydrogen (secondary N) is 1. The van der Waals surface area contributed by atoms with Gasteiger partial charge in [0.05, 0.1) is 28.5 Å². The van der Waals surface area contributed by atoms with E-state index in [0.717, 1.165) is 16.6 Å². The first-order valence-corrected chi connectivity index (χ1v) is 11.8. The lowest BCUT2D eigenvalue weighted by molar-refractivity contribution is 0.0936. The second kappa shape index (κ2) is 9.94. The van der Waals surface area contributed by atoms with Gasteiger partial charge in [0, 0.05) is 11.1 Å². The lowest BCUT2D eigenvalue weighted by Crippen LogP contribution is -2.30. The lowest BCUT2D eigenvalue weighted by atomic mass is 10.0. The van der Waals surface area contributed by atoms with Crippen molar-refractivity contribution in [3.05, 3.63) is 102 Å². The fraction of sp³-hybridized carbons (Fsp3) is 0.154. The number of aromatic nitrogens is 1. The van der Waals surface area contributed by atoms with Crippen LogP contribution in [0.25, 0.3) is 10.9 Å². The molecule has 4 aromatic rings. The number of para-hydroxylation sites is 2. The molecule has 0 aliphatic heterocycles. The van der Waals surface area contributed by atoms with E-state index in [4.69, 9.17) is 0 Å². The predicted molar refractivity (Wildman–Crippen MR) is 133 cm³/mol. The van der Waals surface area contributed by atoms with Crippen LogP contribution < -0.4 is 9.62 Å². The molecule has 0 fully saturated rings. The fourth-order valence-corrected chi connectivity index (χ4v) is 4.52. The summed E-state index contributed by atoms with van der Waals surface area (Å²) in [5.74, 6) is -0.318. The number of nitrogens with zero attached hydrogens (tertiary/aromatic N) is 2. The molecule has 4 rings (SSSR count). The first kappa shape index (κ1) is 22.6. The normalized spacial score (nSPS) is 12.8. The highest BCUT2D eigenvalue weighted by Crippen LogP contribution is 2.34. The Balaban J connectivity index is 1.77. The molecule has 0 saturated carbocycles. The lowest BCUT2D eigenvalue weighted by Gasteiger charge is -2.25. The van der Waals surface area contributed by atoms with E-state index < -0.39 is 11.3 Å². The third-order valence-electron chi connectivity index (χ3n) is 5.50. The van der Waals surface area contributed by atoms with Crippen molar-refractivity contribution in [1.29, 1.82) is 0 Å². The summed E-state index contributed by atoms with van der Waals surface area (Å²) in [5.41, 5.74) is 3.46. The standard InChI is InChI=1S/C26H25N3O3S/c1-3-22(19-10-5-4-6-11-19)28-26(30)21-13-7-8-14-23(21)29(33(31)32)24-15-9-12-20-17-16-18(2)27-25(20)24/h4-17,22H,3H2,1-2H3,(H,28,30)(H,31,32). The Labute approximate surface area is 195 Å². The number of amides is 1. The van der Waals surface area contributed by atoms with Gasteiger partial charge in [-0.2, -0.15) is 0 Å². The van der Waals surface area contributed by atoms with Gasteiger partial charge in [-0.1, -0.05) is 67.6 Å². The Hall–Kier alpha value is -3.55. The SMILES string of the molecule is CCC(NC(=O)c1ccccc1N(c1cccc2ccc(C)nc12)S(=O)O)c1ccccc1. The van der Waals surface area contributed by atoms with Crippen LogP contribution in [-0.4, -0.2) is 19.7 Å². The van der Waals surface area contributed by atoms with Crippen LogP contribution in [0.5, 0.6) is 0 Å². The monoisotopic (exact) mass is 459 g/mol. The van der Waals surface area contributed by atoms with Crippen LogP contribution >= 0.6 is 0 Å². The number of anilines is 2. The summed E-state index contributed by atoms with van der Waals surface area (Å²) in [4.78, 5) is 17.9. The topological polar surface area (TPSA) is 82.5 Å². The van der Waals surface area contributed by atoms with Crippen molar-refractivity contribution in [2.24, 2.45) is 0 Å². The molecule has 2 unspecified atom stereocenters. The first-order chi connectivity index (χ1) is 16.0. The average molecular weight is 460 g/mol. The van der Waals surface area contributed by atoms with Crippen LogP contribution in [0.4, 0.5) is 11.4 Å². The highest BCUT2D eigenvalue weighted by Gasteiger charge is 2.25. The Morgan fingerprint density at radius 1 is 0.970 bits per heavy atom. The van der Waals surface area contributed by atoms with Crippen LogP contribution in [0, 0.1) is 6.92 Å². The molecule has 3 aromatic carbocycles. The predicted octanol–water partition coefficient (Wildman–Crippen LogP) is 5.70. The summed E-state index contributed by atoms with van der Waals surface area (Å²) in [7, 11) is 0. The fourth-order valence-electron chi connectivity index (χ4n) is 3.88. The average Bonchev–Trinajstić information content (AvgIpc) is 2.83. The molecule has 2 atom stereocenters. The minimum atomic E-state index is -2.43. The van der Waals surface area contributed by atoms with Crippen molar-refractivity contribution in [2.45, 2.75) is 26.3 Å². The minimum absolute atomic E-state index is 0.179. The largest absolute Gasteiger partial charge is 0.345 e. The Morgan fingerprint density at radius 2 is 1.67 bits per heavy atom. The number of hydrogen-bond acceptors (Lipinski definition) is 3. The van der Waals surface area contributed by atoms with Crippen LogP contribution in [0.1, 0.15) is 41.0 Å². The molecule has 33 heavy (non-hydrogen) atoms. The molecular weight excluding hydrogens is 434 g/mol. The van der Waals surface area contributed by atoms with Crippen LogP contribution in [-0.2, 0) is 11.3 Å². The van der Waals surface area contributed by atoms with Gasteiger partial charge in [-0.15, -0.1) is 0 Å². The summed E-state index contributed by atoms with van der Waals surface area (Å²) < 4.78 is 24.1. The zero-order chi connectivity index (χ0) is 23.4. The van der Waals surface area contributed by atoms with Crippen molar-refractivity contribution < 1.29 is 13.6 Å². The number of fused-ring (bicyclic) bond motifs is 1. The van der Waals surface area contributed by atoms with Gasteiger partial charge >= 0.3 is 0 Å². The first-order valence-electron chi connectivity index (χ1n) is 10.7. The van der Waals surface area contributed by atoms with Gasteiger partial charge in [-0.3, -0.25) is 14.3 Å². The van der Waals surface area contributed by atoms with Crippen LogP contribution in [0.2, 0.25) is 0 Å². The second-order valence-electron chi connectivity index (χ2n) is 7.69. The molecule has 0 spiro atoms. The molecule has 1 heterocycles. The second-order valence-corrected chi connectivity index (χ2v) is 8.52. The van der Waals surface area contributed by atoms with Gasteiger partial charge in [0.1, 0.15) is 0 Å². The quantitative estimate of drug-likeness (QED) is 0.347. The molecule has 1 aromatic heterocycles. The summed E-state index contributed by atoms with van der Waals surface area (Å²) in [5, 5.41) is 3.91. The Morgan fingerprint density at radius 3 is 2.39 bits per heavy atom. The van der Waals surface area contributed by atoms with E-state index in [1.807, 2.05) is 62.4 Å². The van der Waals surface area contributed by atoms with Crippen molar-refractivity contribution in [3.63, 3.8) is 0 Å². The van der Waals surface area contributed by atoms with E-state index in [9.17, 15) is 13.6 Å². The number of carbonyl (C=O) groups excluding carboxylic acids is 1. The van der Waals surface area contributed by atoms with E-state index in [-0.39, 0.29) is 11.9 Å². The third-order valence-corrected chi connectivity index (χ3v) is 6.20. The molecule has 6 nitrogen and oxygen atoms in total. The van der Waals surface area contributed by atoms with E-state index in [0.29, 0.717) is 28.9 Å². The van der Waals surface area contributed by atoms with Crippen LogP contribution in [0.3, 0.4) is 0 Å². The van der Waals surface area contributed by atoms with Gasteiger partial charge < -0.3 is 5.32 Å². The summed E-state index contributed by atoms with van der Waals surface area (Å²) in [6.45, 7) is 3.87. The highest BCUT2D eigenvalue weighted by atomic mass is 32.2. The Kier molecular flexibility index (Phi) is 6.82. The van der Waals surface area contributed by atoms with Crippen molar-refractivity contribution in [1.82, 2.24) is 10.3 Å². The van der Waals surface area contributed by atoms with Gasteiger partial charge in [-0.25, -0.2) is 8.51 Å². The van der Waals surface area contributed by atoms with E-state index in [1.54, 1.807) is 36.4 Å². The maximum Gasteiger partial charge on any atom is 0.266 e. The summed E-state index contributed by atoms with van der Waals surface area (Å²) >= 11 is -2.43. The zero-order valence-corrected chi connectivity index (χ0v) is 19.3. The molecule has 0 aliphatic rings. The maximum absolute atomic E-state index is 13.4. The zero-order valence-electron chi connectivity index (χ0n) is 18.4. The van der Waals surface area contributed by atoms with E-state index in [2.05, 4.69) is 10.3 Å². The van der Waals surface area contributed by atoms with Gasteiger partial charge in [0.15, 0.2) is 0 Å². The van der Waals surface area contributed by atoms with Crippen molar-refractivity contribution >= 4 is 39.5 Å². The van der Waals surface area contributed by atoms with Crippen molar-refractivity contribution in [3.8, 4) is 0 Å². The van der Waals surface area contributed by atoms with Gasteiger partial charge in [-0.05, 0) is 43.2 Å². The Bertz CT molecular complexity index is 1310.